The van der Waals surface area contributed by atoms with Crippen LogP contribution in [0.25, 0.3) is 0 Å². The van der Waals surface area contributed by atoms with Gasteiger partial charge in [0.1, 0.15) is 23.8 Å². The SMILES string of the molecule is CC[C@H]1CN(c2ccc(N3CCN(C(=O)COC(=O)c4cccc(CN(C)C)c4)CC3)c(F)c2)C(=O)O1.CN(C)Cc1cccc(C(=O)OCC(=O)N2CCN(c3ccc(N4C[C@H](CN)OC4=O)cc3F)CC2)c1. The van der Waals surface area contributed by atoms with Crippen molar-refractivity contribution in [3.63, 3.8) is 0 Å². The molecule has 2 atom stereocenters. The van der Waals surface area contributed by atoms with E-state index in [1.54, 1.807) is 70.5 Å². The molecule has 19 nitrogen and oxygen atoms in total. The van der Waals surface area contributed by atoms with Gasteiger partial charge in [-0.1, -0.05) is 31.2 Å². The van der Waals surface area contributed by atoms with Gasteiger partial charge in [0.05, 0.1) is 47.0 Å². The van der Waals surface area contributed by atoms with Crippen molar-refractivity contribution in [2.24, 2.45) is 5.73 Å². The summed E-state index contributed by atoms with van der Waals surface area (Å²) < 4.78 is 50.8. The van der Waals surface area contributed by atoms with Crippen LogP contribution in [-0.4, -0.2) is 181 Å². The monoisotopic (exact) mass is 1030 g/mol. The zero-order chi connectivity index (χ0) is 53.1. The third-order valence-electron chi connectivity index (χ3n) is 12.9. The van der Waals surface area contributed by atoms with Crippen LogP contribution in [0.1, 0.15) is 45.2 Å². The second-order valence-corrected chi connectivity index (χ2v) is 18.9. The van der Waals surface area contributed by atoms with Crippen LogP contribution in [0.3, 0.4) is 0 Å². The zero-order valence-corrected chi connectivity index (χ0v) is 42.5. The summed E-state index contributed by atoms with van der Waals surface area (Å²) in [7, 11) is 7.77. The van der Waals surface area contributed by atoms with Gasteiger partial charge in [-0.15, -0.1) is 0 Å². The van der Waals surface area contributed by atoms with Crippen molar-refractivity contribution in [3.05, 3.63) is 119 Å². The van der Waals surface area contributed by atoms with Crippen LogP contribution < -0.4 is 25.3 Å². The van der Waals surface area contributed by atoms with Crippen molar-refractivity contribution in [3.8, 4) is 0 Å². The Labute approximate surface area is 429 Å². The Morgan fingerprint density at radius 1 is 0.595 bits per heavy atom. The number of hydrogen-bond acceptors (Lipinski definition) is 15. The van der Waals surface area contributed by atoms with Crippen LogP contribution in [0.4, 0.5) is 41.1 Å². The topological polar surface area (TPSA) is 191 Å². The van der Waals surface area contributed by atoms with Crippen molar-refractivity contribution >= 4 is 58.7 Å². The Balaban J connectivity index is 0.000000216. The molecule has 8 rings (SSSR count). The van der Waals surface area contributed by atoms with E-state index in [0.29, 0.717) is 112 Å². The molecule has 0 aromatic heterocycles. The van der Waals surface area contributed by atoms with Gasteiger partial charge < -0.3 is 54.1 Å². The highest BCUT2D eigenvalue weighted by Crippen LogP contribution is 2.31. The van der Waals surface area contributed by atoms with E-state index in [9.17, 15) is 37.5 Å². The van der Waals surface area contributed by atoms with Gasteiger partial charge in [0, 0.05) is 72.0 Å². The van der Waals surface area contributed by atoms with Crippen molar-refractivity contribution in [1.82, 2.24) is 19.6 Å². The summed E-state index contributed by atoms with van der Waals surface area (Å²) in [5.74, 6) is -2.57. The molecule has 4 amide bonds. The summed E-state index contributed by atoms with van der Waals surface area (Å²) in [6.07, 6.45) is -0.902. The lowest BCUT2D eigenvalue weighted by atomic mass is 10.1. The lowest BCUT2D eigenvalue weighted by molar-refractivity contribution is -0.135. The Morgan fingerprint density at radius 3 is 1.35 bits per heavy atom. The number of cyclic esters (lactones) is 2. The fourth-order valence-corrected chi connectivity index (χ4v) is 8.96. The molecule has 4 aliphatic rings. The van der Waals surface area contributed by atoms with Crippen molar-refractivity contribution in [2.45, 2.75) is 38.6 Å². The number of carbonyl (C=O) groups excluding carboxylic acids is 6. The van der Waals surface area contributed by atoms with E-state index in [2.05, 4.69) is 0 Å². The van der Waals surface area contributed by atoms with Crippen LogP contribution in [0.5, 0.6) is 0 Å². The normalized spacial score (nSPS) is 17.8. The standard InChI is InChI=1S/C27H33FN4O5.C26H32FN5O5/c1-4-22-17-32(27(35)37-22)21-8-9-24(23(28)15-21)30-10-12-31(13-11-30)25(33)18-36-26(34)20-7-5-6-19(14-20)16-29(2)3;1-29(2)15-18-4-3-5-19(12-18)25(34)36-17-24(33)31-10-8-30(9-11-31)23-7-6-20(13-22(23)27)32-16-21(14-28)37-26(32)35/h5-9,14-15,22H,4,10-13,16-18H2,1-3H3;3-7,12-13,21H,8-11,14-17,28H2,1-2H3/t22-;21-/m00/s1. The largest absolute Gasteiger partial charge is 0.452 e. The molecule has 0 unspecified atom stereocenters. The minimum absolute atomic E-state index is 0.187. The van der Waals surface area contributed by atoms with Crippen LogP contribution in [0, 0.1) is 11.6 Å². The maximum atomic E-state index is 15.0. The quantitative estimate of drug-likeness (QED) is 0.119. The molecule has 0 bridgehead atoms. The summed E-state index contributed by atoms with van der Waals surface area (Å²) in [4.78, 5) is 87.9. The third-order valence-corrected chi connectivity index (χ3v) is 12.9. The number of rotatable bonds is 16. The molecule has 2 N–H and O–H groups in total. The first-order chi connectivity index (χ1) is 35.5. The maximum absolute atomic E-state index is 15.0. The average molecular weight is 1030 g/mol. The predicted octanol–water partition coefficient (Wildman–Crippen LogP) is 4.80. The number of nitrogens with two attached hydrogens (primary N) is 1. The van der Waals surface area contributed by atoms with Gasteiger partial charge in [-0.3, -0.25) is 19.4 Å². The molecule has 0 radical (unpaired) electrons. The number of benzene rings is 4. The molecular formula is C53H65F2N9O10. The number of anilines is 4. The smallest absolute Gasteiger partial charge is 0.414 e. The lowest BCUT2D eigenvalue weighted by Crippen LogP contribution is -2.50. The number of amides is 4. The molecule has 4 aliphatic heterocycles. The molecule has 0 aliphatic carbocycles. The molecule has 4 aromatic rings. The van der Waals surface area contributed by atoms with Gasteiger partial charge in [-0.25, -0.2) is 28.0 Å². The Morgan fingerprint density at radius 2 is 1.00 bits per heavy atom. The Hall–Kier alpha value is -7.36. The first-order valence-electron chi connectivity index (χ1n) is 24.6. The van der Waals surface area contributed by atoms with E-state index in [1.807, 2.05) is 66.8 Å². The summed E-state index contributed by atoms with van der Waals surface area (Å²) in [6, 6.07) is 23.6. The van der Waals surface area contributed by atoms with Gasteiger partial charge in [0.2, 0.25) is 0 Å². The molecule has 0 spiro atoms. The fraction of sp³-hybridized carbons (Fsp3) is 0.434. The van der Waals surface area contributed by atoms with Gasteiger partial charge in [0.15, 0.2) is 13.2 Å². The van der Waals surface area contributed by atoms with Gasteiger partial charge in [0.25, 0.3) is 11.8 Å². The highest BCUT2D eigenvalue weighted by Gasteiger charge is 2.34. The molecule has 74 heavy (non-hydrogen) atoms. The fourth-order valence-electron chi connectivity index (χ4n) is 8.96. The Kier molecular flexibility index (Phi) is 18.4. The van der Waals surface area contributed by atoms with E-state index in [-0.39, 0.29) is 44.2 Å². The maximum Gasteiger partial charge on any atom is 0.414 e. The summed E-state index contributed by atoms with van der Waals surface area (Å²) in [6.45, 7) is 6.72. The van der Waals surface area contributed by atoms with E-state index in [1.165, 1.54) is 21.9 Å². The minimum Gasteiger partial charge on any atom is -0.452 e. The number of ether oxygens (including phenoxy) is 4. The molecule has 396 valence electrons. The Bertz CT molecular complexity index is 2480. The predicted molar refractivity (Wildman–Crippen MR) is 273 cm³/mol. The first-order valence-corrected chi connectivity index (χ1v) is 24.6. The third kappa shape index (κ3) is 14.0. The van der Waals surface area contributed by atoms with Crippen molar-refractivity contribution < 1.29 is 56.5 Å². The molecule has 4 fully saturated rings. The van der Waals surface area contributed by atoms with Crippen LogP contribution in [0.15, 0.2) is 84.9 Å². The lowest BCUT2D eigenvalue weighted by Gasteiger charge is -2.36. The van der Waals surface area contributed by atoms with E-state index in [0.717, 1.165) is 11.1 Å². The average Bonchev–Trinajstić information content (AvgIpc) is 3.98. The highest BCUT2D eigenvalue weighted by atomic mass is 19.1. The number of hydrogen-bond donors (Lipinski definition) is 1. The molecule has 4 heterocycles. The number of nitrogens with zero attached hydrogens (tertiary/aromatic N) is 8. The number of halogens is 2. The summed E-state index contributed by atoms with van der Waals surface area (Å²) >= 11 is 0. The summed E-state index contributed by atoms with van der Waals surface area (Å²) in [5, 5.41) is 0. The van der Waals surface area contributed by atoms with E-state index in [4.69, 9.17) is 24.7 Å². The highest BCUT2D eigenvalue weighted by molar-refractivity contribution is 5.93. The molecule has 4 aromatic carbocycles. The number of piperazine rings is 2. The first kappa shape index (κ1) is 54.4. The van der Waals surface area contributed by atoms with E-state index >= 15 is 0 Å². The second kappa shape index (κ2) is 25.0. The van der Waals surface area contributed by atoms with E-state index < -0.39 is 41.9 Å². The minimum atomic E-state index is -0.547. The van der Waals surface area contributed by atoms with Gasteiger partial charge in [-0.2, -0.15) is 0 Å². The van der Waals surface area contributed by atoms with Crippen LogP contribution >= 0.6 is 0 Å². The van der Waals surface area contributed by atoms with Crippen LogP contribution in [0.2, 0.25) is 0 Å². The number of carbonyl (C=O) groups is 6. The molecule has 21 heteroatoms. The van der Waals surface area contributed by atoms with Crippen molar-refractivity contribution in [1.29, 1.82) is 0 Å². The van der Waals surface area contributed by atoms with Crippen LogP contribution in [-0.2, 0) is 41.6 Å². The molecule has 4 saturated heterocycles. The van der Waals surface area contributed by atoms with Gasteiger partial charge >= 0.3 is 24.1 Å². The second-order valence-electron chi connectivity index (χ2n) is 18.9. The zero-order valence-electron chi connectivity index (χ0n) is 42.5. The number of esters is 2. The molecule has 0 saturated carbocycles. The summed E-state index contributed by atoms with van der Waals surface area (Å²) in [5.41, 5.74) is 10.00. The van der Waals surface area contributed by atoms with Crippen molar-refractivity contribution in [2.75, 3.05) is 133 Å². The molecular weight excluding hydrogens is 961 g/mol. The van der Waals surface area contributed by atoms with Gasteiger partial charge in [-0.05, 0) is 106 Å².